The van der Waals surface area contributed by atoms with Crippen molar-refractivity contribution in [1.29, 1.82) is 0 Å². The van der Waals surface area contributed by atoms with Crippen LogP contribution in [0.1, 0.15) is 30.1 Å². The molecule has 156 valence electrons. The van der Waals surface area contributed by atoms with Crippen LogP contribution < -0.4 is 4.74 Å². The van der Waals surface area contributed by atoms with Crippen LogP contribution in [0.15, 0.2) is 60.9 Å². The lowest BCUT2D eigenvalue weighted by molar-refractivity contribution is 0.416. The number of nitrogens with zero attached hydrogens (tertiary/aromatic N) is 4. The van der Waals surface area contributed by atoms with Gasteiger partial charge in [-0.2, -0.15) is 5.10 Å². The summed E-state index contributed by atoms with van der Waals surface area (Å²) in [4.78, 5) is 8.84. The lowest BCUT2D eigenvalue weighted by atomic mass is 9.91. The number of aromatic nitrogens is 4. The van der Waals surface area contributed by atoms with Crippen LogP contribution in [0.4, 0.5) is 8.78 Å². The number of pyridine rings is 1. The van der Waals surface area contributed by atoms with E-state index in [2.05, 4.69) is 10.1 Å². The first-order valence-corrected chi connectivity index (χ1v) is 10.1. The summed E-state index contributed by atoms with van der Waals surface area (Å²) in [6.07, 6.45) is 5.19. The van der Waals surface area contributed by atoms with Crippen molar-refractivity contribution in [3.8, 4) is 28.3 Å². The van der Waals surface area contributed by atoms with Gasteiger partial charge in [-0.25, -0.2) is 18.4 Å². The van der Waals surface area contributed by atoms with Crippen LogP contribution in [0.25, 0.3) is 22.5 Å². The maximum Gasteiger partial charge on any atom is 0.181 e. The Balaban J connectivity index is 1.53. The molecular weight excluding hydrogens is 398 g/mol. The summed E-state index contributed by atoms with van der Waals surface area (Å²) >= 11 is 0. The highest BCUT2D eigenvalue weighted by Gasteiger charge is 2.27. The SMILES string of the molecule is COc1cc(-c2nc3n(n2)CCCC3c2ccc(F)c(F)c2)ccc1-c1ccncc1. The van der Waals surface area contributed by atoms with Gasteiger partial charge in [-0.1, -0.05) is 12.1 Å². The highest BCUT2D eigenvalue weighted by Crippen LogP contribution is 2.36. The molecule has 5 rings (SSSR count). The number of aryl methyl sites for hydroxylation is 1. The van der Waals surface area contributed by atoms with E-state index >= 15 is 0 Å². The molecule has 0 fully saturated rings. The Bertz CT molecular complexity index is 1240. The molecule has 1 aliphatic heterocycles. The van der Waals surface area contributed by atoms with Crippen molar-refractivity contribution in [2.24, 2.45) is 0 Å². The van der Waals surface area contributed by atoms with E-state index in [9.17, 15) is 8.78 Å². The molecule has 31 heavy (non-hydrogen) atoms. The van der Waals surface area contributed by atoms with Gasteiger partial charge < -0.3 is 4.74 Å². The monoisotopic (exact) mass is 418 g/mol. The number of ether oxygens (including phenoxy) is 1. The molecule has 0 amide bonds. The van der Waals surface area contributed by atoms with Gasteiger partial charge in [0.05, 0.1) is 7.11 Å². The van der Waals surface area contributed by atoms with E-state index in [1.54, 1.807) is 25.6 Å². The predicted octanol–water partition coefficient (Wildman–Crippen LogP) is 5.22. The molecule has 0 spiro atoms. The molecule has 2 aromatic heterocycles. The summed E-state index contributed by atoms with van der Waals surface area (Å²) in [6.45, 7) is 0.745. The zero-order chi connectivity index (χ0) is 21.4. The molecule has 4 aromatic rings. The van der Waals surface area contributed by atoms with Crippen LogP contribution in [0.2, 0.25) is 0 Å². The van der Waals surface area contributed by atoms with Gasteiger partial charge in [0.2, 0.25) is 0 Å². The molecule has 0 bridgehead atoms. The van der Waals surface area contributed by atoms with Crippen molar-refractivity contribution in [2.75, 3.05) is 7.11 Å². The minimum Gasteiger partial charge on any atom is -0.496 e. The van der Waals surface area contributed by atoms with Crippen molar-refractivity contribution >= 4 is 0 Å². The van der Waals surface area contributed by atoms with E-state index < -0.39 is 11.6 Å². The van der Waals surface area contributed by atoms with E-state index in [0.717, 1.165) is 41.9 Å². The standard InChI is InChI=1S/C24H20F2N4O/c1-31-22-14-17(4-6-18(22)15-8-10-27-11-9-15)23-28-24-19(3-2-12-30(24)29-23)16-5-7-20(25)21(26)13-16/h4-11,13-14,19H,2-3,12H2,1H3. The summed E-state index contributed by atoms with van der Waals surface area (Å²) in [5.41, 5.74) is 3.51. The Morgan fingerprint density at radius 1 is 0.968 bits per heavy atom. The van der Waals surface area contributed by atoms with E-state index in [1.165, 1.54) is 12.1 Å². The summed E-state index contributed by atoms with van der Waals surface area (Å²) < 4.78 is 34.7. The van der Waals surface area contributed by atoms with Gasteiger partial charge in [0.15, 0.2) is 17.5 Å². The summed E-state index contributed by atoms with van der Waals surface area (Å²) in [7, 11) is 1.63. The van der Waals surface area contributed by atoms with Crippen LogP contribution in [-0.2, 0) is 6.54 Å². The molecule has 1 unspecified atom stereocenters. The second kappa shape index (κ2) is 7.91. The van der Waals surface area contributed by atoms with Crippen LogP contribution in [0.3, 0.4) is 0 Å². The van der Waals surface area contributed by atoms with Gasteiger partial charge in [-0.05, 0) is 60.4 Å². The van der Waals surface area contributed by atoms with Gasteiger partial charge in [-0.3, -0.25) is 4.98 Å². The Morgan fingerprint density at radius 2 is 1.81 bits per heavy atom. The average Bonchev–Trinajstić information content (AvgIpc) is 3.25. The zero-order valence-electron chi connectivity index (χ0n) is 16.9. The Hall–Kier alpha value is -3.61. The molecule has 0 saturated heterocycles. The number of rotatable bonds is 4. The van der Waals surface area contributed by atoms with E-state index in [0.29, 0.717) is 17.1 Å². The molecule has 0 saturated carbocycles. The molecule has 3 heterocycles. The fraction of sp³-hybridized carbons (Fsp3) is 0.208. The number of halogens is 2. The van der Waals surface area contributed by atoms with Gasteiger partial charge in [0, 0.05) is 36.0 Å². The number of hydrogen-bond acceptors (Lipinski definition) is 4. The number of methoxy groups -OCH3 is 1. The van der Waals surface area contributed by atoms with Crippen molar-refractivity contribution in [2.45, 2.75) is 25.3 Å². The van der Waals surface area contributed by atoms with E-state index in [1.807, 2.05) is 35.0 Å². The predicted molar refractivity (Wildman–Crippen MR) is 113 cm³/mol. The topological polar surface area (TPSA) is 52.8 Å². The van der Waals surface area contributed by atoms with Crippen molar-refractivity contribution in [3.63, 3.8) is 0 Å². The first-order valence-electron chi connectivity index (χ1n) is 10.1. The smallest absolute Gasteiger partial charge is 0.181 e. The number of hydrogen-bond donors (Lipinski definition) is 0. The van der Waals surface area contributed by atoms with E-state index in [-0.39, 0.29) is 5.92 Å². The molecule has 2 aromatic carbocycles. The molecule has 1 atom stereocenters. The van der Waals surface area contributed by atoms with Gasteiger partial charge in [0.25, 0.3) is 0 Å². The Kier molecular flexibility index (Phi) is 4.94. The lowest BCUT2D eigenvalue weighted by Crippen LogP contribution is -2.18. The molecule has 0 radical (unpaired) electrons. The molecule has 0 aliphatic carbocycles. The minimum absolute atomic E-state index is 0.122. The highest BCUT2D eigenvalue weighted by molar-refractivity contribution is 5.74. The van der Waals surface area contributed by atoms with Gasteiger partial charge >= 0.3 is 0 Å². The lowest BCUT2D eigenvalue weighted by Gasteiger charge is -2.22. The third-order valence-electron chi connectivity index (χ3n) is 5.67. The van der Waals surface area contributed by atoms with Crippen molar-refractivity contribution in [1.82, 2.24) is 19.7 Å². The summed E-state index contributed by atoms with van der Waals surface area (Å²) in [5, 5.41) is 4.69. The van der Waals surface area contributed by atoms with Crippen LogP contribution in [-0.4, -0.2) is 26.9 Å². The first kappa shape index (κ1) is 19.4. The highest BCUT2D eigenvalue weighted by atomic mass is 19.2. The van der Waals surface area contributed by atoms with Crippen molar-refractivity contribution < 1.29 is 13.5 Å². The van der Waals surface area contributed by atoms with Crippen molar-refractivity contribution in [3.05, 3.63) is 83.9 Å². The largest absolute Gasteiger partial charge is 0.496 e. The maximum atomic E-state index is 13.8. The molecule has 7 heteroatoms. The molecular formula is C24H20F2N4O. The zero-order valence-corrected chi connectivity index (χ0v) is 16.9. The van der Waals surface area contributed by atoms with Gasteiger partial charge in [-0.15, -0.1) is 0 Å². The maximum absolute atomic E-state index is 13.8. The van der Waals surface area contributed by atoms with Crippen LogP contribution in [0, 0.1) is 11.6 Å². The van der Waals surface area contributed by atoms with E-state index in [4.69, 9.17) is 9.72 Å². The second-order valence-electron chi connectivity index (χ2n) is 7.54. The third-order valence-corrected chi connectivity index (χ3v) is 5.67. The fourth-order valence-electron chi connectivity index (χ4n) is 4.12. The Labute approximate surface area is 178 Å². The second-order valence-corrected chi connectivity index (χ2v) is 7.54. The molecule has 0 N–H and O–H groups in total. The minimum atomic E-state index is -0.844. The Morgan fingerprint density at radius 3 is 2.58 bits per heavy atom. The molecule has 5 nitrogen and oxygen atoms in total. The third kappa shape index (κ3) is 3.56. The number of benzene rings is 2. The summed E-state index contributed by atoms with van der Waals surface area (Å²) in [5.74, 6) is 0.263. The normalized spacial score (nSPS) is 15.5. The molecule has 1 aliphatic rings. The average molecular weight is 418 g/mol. The van der Waals surface area contributed by atoms with Crippen LogP contribution in [0.5, 0.6) is 5.75 Å². The summed E-state index contributed by atoms with van der Waals surface area (Å²) in [6, 6.07) is 13.8. The quantitative estimate of drug-likeness (QED) is 0.456. The first-order chi connectivity index (χ1) is 15.1. The fourth-order valence-corrected chi connectivity index (χ4v) is 4.12. The number of fused-ring (bicyclic) bond motifs is 1. The van der Waals surface area contributed by atoms with Gasteiger partial charge in [0.1, 0.15) is 11.6 Å². The van der Waals surface area contributed by atoms with Crippen LogP contribution >= 0.6 is 0 Å².